The zero-order chi connectivity index (χ0) is 19.4. The fourth-order valence-corrected chi connectivity index (χ4v) is 3.41. The second-order valence-electron chi connectivity index (χ2n) is 6.92. The van der Waals surface area contributed by atoms with Gasteiger partial charge in [0.15, 0.2) is 5.11 Å². The largest absolute Gasteiger partial charge is 0.369 e. The van der Waals surface area contributed by atoms with Crippen molar-refractivity contribution < 1.29 is 9.18 Å². The van der Waals surface area contributed by atoms with Gasteiger partial charge >= 0.3 is 0 Å². The summed E-state index contributed by atoms with van der Waals surface area (Å²) < 4.78 is 14.5. The first-order chi connectivity index (χ1) is 12.9. The number of nitrogens with one attached hydrogen (secondary N) is 2. The number of rotatable bonds is 3. The molecule has 0 unspecified atom stereocenters. The number of piperidine rings is 1. The Bertz CT molecular complexity index is 863. The van der Waals surface area contributed by atoms with Crippen LogP contribution >= 0.6 is 12.2 Å². The van der Waals surface area contributed by atoms with Crippen molar-refractivity contribution in [2.75, 3.05) is 23.3 Å². The van der Waals surface area contributed by atoms with E-state index in [0.29, 0.717) is 16.9 Å². The minimum atomic E-state index is -0.291. The number of thiocarbonyl (C=S) groups is 1. The molecule has 1 amide bonds. The molecule has 2 N–H and O–H groups in total. The Hall–Kier alpha value is -2.47. The maximum Gasteiger partial charge on any atom is 0.257 e. The first-order valence-corrected chi connectivity index (χ1v) is 9.59. The van der Waals surface area contributed by atoms with E-state index >= 15 is 0 Å². The lowest BCUT2D eigenvalue weighted by atomic mass is 10.1. The molecule has 142 valence electrons. The number of nitrogens with zero attached hydrogens (tertiary/aromatic N) is 1. The summed E-state index contributed by atoms with van der Waals surface area (Å²) in [6.45, 7) is 5.71. The van der Waals surface area contributed by atoms with E-state index in [1.165, 1.54) is 12.5 Å². The van der Waals surface area contributed by atoms with E-state index < -0.39 is 0 Å². The van der Waals surface area contributed by atoms with Crippen LogP contribution in [0.1, 0.15) is 40.7 Å². The molecule has 3 rings (SSSR count). The SMILES string of the molecule is Cc1ccc(C(=O)NC(=S)Nc2ccc(N3CCCCC3)c(F)c2)cc1C. The van der Waals surface area contributed by atoms with E-state index in [4.69, 9.17) is 12.2 Å². The van der Waals surface area contributed by atoms with Crippen molar-refractivity contribution in [2.45, 2.75) is 33.1 Å². The Balaban J connectivity index is 1.62. The minimum absolute atomic E-state index is 0.142. The summed E-state index contributed by atoms with van der Waals surface area (Å²) in [6, 6.07) is 10.4. The Kier molecular flexibility index (Phi) is 6.06. The van der Waals surface area contributed by atoms with Crippen LogP contribution in [0.15, 0.2) is 36.4 Å². The predicted octanol–water partition coefficient (Wildman–Crippen LogP) is 4.56. The Morgan fingerprint density at radius 2 is 1.78 bits per heavy atom. The molecule has 0 radical (unpaired) electrons. The number of halogens is 1. The molecule has 6 heteroatoms. The highest BCUT2D eigenvalue weighted by Gasteiger charge is 2.15. The van der Waals surface area contributed by atoms with Crippen LogP contribution in [0.3, 0.4) is 0 Å². The number of anilines is 2. The molecule has 1 aliphatic heterocycles. The Labute approximate surface area is 164 Å². The van der Waals surface area contributed by atoms with Crippen LogP contribution in [0, 0.1) is 19.7 Å². The van der Waals surface area contributed by atoms with Gasteiger partial charge in [-0.15, -0.1) is 0 Å². The predicted molar refractivity (Wildman–Crippen MR) is 112 cm³/mol. The van der Waals surface area contributed by atoms with Gasteiger partial charge in [-0.1, -0.05) is 6.07 Å². The molecule has 27 heavy (non-hydrogen) atoms. The summed E-state index contributed by atoms with van der Waals surface area (Å²) in [7, 11) is 0. The van der Waals surface area contributed by atoms with Crippen molar-refractivity contribution in [3.63, 3.8) is 0 Å². The zero-order valence-corrected chi connectivity index (χ0v) is 16.5. The van der Waals surface area contributed by atoms with Gasteiger partial charge in [0, 0.05) is 24.3 Å². The first-order valence-electron chi connectivity index (χ1n) is 9.18. The maximum absolute atomic E-state index is 14.5. The Morgan fingerprint density at radius 1 is 1.04 bits per heavy atom. The quantitative estimate of drug-likeness (QED) is 0.761. The summed E-state index contributed by atoms with van der Waals surface area (Å²) >= 11 is 5.20. The average molecular weight is 386 g/mol. The van der Waals surface area contributed by atoms with Gasteiger partial charge in [-0.25, -0.2) is 4.39 Å². The summed E-state index contributed by atoms with van der Waals surface area (Å²) in [5.74, 6) is -0.578. The van der Waals surface area contributed by atoms with E-state index in [0.717, 1.165) is 37.1 Å². The molecule has 0 spiro atoms. The van der Waals surface area contributed by atoms with Gasteiger partial charge in [0.2, 0.25) is 0 Å². The molecule has 1 saturated heterocycles. The highest BCUT2D eigenvalue weighted by molar-refractivity contribution is 7.80. The summed E-state index contributed by atoms with van der Waals surface area (Å²) in [4.78, 5) is 14.4. The van der Waals surface area contributed by atoms with Crippen LogP contribution < -0.4 is 15.5 Å². The number of carbonyl (C=O) groups is 1. The second kappa shape index (κ2) is 8.48. The number of amides is 1. The van der Waals surface area contributed by atoms with Crippen LogP contribution in [-0.2, 0) is 0 Å². The van der Waals surface area contributed by atoms with Gasteiger partial charge in [-0.2, -0.15) is 0 Å². The fourth-order valence-electron chi connectivity index (χ4n) is 3.20. The number of aryl methyl sites for hydroxylation is 2. The fraction of sp³-hybridized carbons (Fsp3) is 0.333. The van der Waals surface area contributed by atoms with E-state index in [1.807, 2.05) is 26.0 Å². The van der Waals surface area contributed by atoms with Gasteiger partial charge in [0.25, 0.3) is 5.91 Å². The standard InChI is InChI=1S/C21H24FN3OS/c1-14-6-7-16(12-15(14)2)20(26)24-21(27)23-17-8-9-19(18(22)13-17)25-10-4-3-5-11-25/h6-9,12-13H,3-5,10-11H2,1-2H3,(H2,23,24,26,27). The molecule has 2 aromatic rings. The molecule has 4 nitrogen and oxygen atoms in total. The lowest BCUT2D eigenvalue weighted by Crippen LogP contribution is -2.34. The summed E-state index contributed by atoms with van der Waals surface area (Å²) in [5.41, 5.74) is 3.83. The van der Waals surface area contributed by atoms with Gasteiger partial charge in [-0.05, 0) is 86.8 Å². The topological polar surface area (TPSA) is 44.4 Å². The van der Waals surface area contributed by atoms with E-state index in [2.05, 4.69) is 15.5 Å². The summed E-state index contributed by atoms with van der Waals surface area (Å²) in [5, 5.41) is 5.66. The zero-order valence-electron chi connectivity index (χ0n) is 15.6. The molecular formula is C21H24FN3OS. The highest BCUT2D eigenvalue weighted by Crippen LogP contribution is 2.25. The monoisotopic (exact) mass is 385 g/mol. The van der Waals surface area contributed by atoms with E-state index in [9.17, 15) is 9.18 Å². The van der Waals surface area contributed by atoms with Gasteiger partial charge in [0.1, 0.15) is 5.82 Å². The number of hydrogen-bond donors (Lipinski definition) is 2. The van der Waals surface area contributed by atoms with Crippen molar-refractivity contribution in [3.8, 4) is 0 Å². The van der Waals surface area contributed by atoms with Crippen LogP contribution in [0.4, 0.5) is 15.8 Å². The van der Waals surface area contributed by atoms with E-state index in [1.54, 1.807) is 18.2 Å². The number of carbonyl (C=O) groups excluding carboxylic acids is 1. The molecular weight excluding hydrogens is 361 g/mol. The first kappa shape index (κ1) is 19.3. The van der Waals surface area contributed by atoms with Crippen LogP contribution in [0.2, 0.25) is 0 Å². The van der Waals surface area contributed by atoms with Gasteiger partial charge in [-0.3, -0.25) is 10.1 Å². The molecule has 1 heterocycles. The maximum atomic E-state index is 14.5. The highest BCUT2D eigenvalue weighted by atomic mass is 32.1. The lowest BCUT2D eigenvalue weighted by molar-refractivity contribution is 0.0977. The number of hydrogen-bond acceptors (Lipinski definition) is 3. The molecule has 0 aromatic heterocycles. The van der Waals surface area contributed by atoms with E-state index in [-0.39, 0.29) is 16.8 Å². The van der Waals surface area contributed by atoms with Crippen molar-refractivity contribution in [1.82, 2.24) is 5.32 Å². The number of benzene rings is 2. The lowest BCUT2D eigenvalue weighted by Gasteiger charge is -2.29. The molecule has 1 aliphatic rings. The molecule has 0 bridgehead atoms. The molecule has 2 aromatic carbocycles. The van der Waals surface area contributed by atoms with Gasteiger partial charge < -0.3 is 10.2 Å². The normalized spacial score (nSPS) is 14.0. The average Bonchev–Trinajstić information content (AvgIpc) is 2.64. The van der Waals surface area contributed by atoms with Crippen molar-refractivity contribution in [3.05, 3.63) is 58.9 Å². The third-order valence-electron chi connectivity index (χ3n) is 4.90. The molecule has 0 atom stereocenters. The van der Waals surface area contributed by atoms with Crippen LogP contribution in [-0.4, -0.2) is 24.1 Å². The molecule has 0 saturated carbocycles. The molecule has 0 aliphatic carbocycles. The van der Waals surface area contributed by atoms with Crippen molar-refractivity contribution >= 4 is 34.6 Å². The van der Waals surface area contributed by atoms with Crippen LogP contribution in [0.5, 0.6) is 0 Å². The Morgan fingerprint density at radius 3 is 2.44 bits per heavy atom. The third-order valence-corrected chi connectivity index (χ3v) is 5.10. The smallest absolute Gasteiger partial charge is 0.257 e. The van der Waals surface area contributed by atoms with Crippen molar-refractivity contribution in [1.29, 1.82) is 0 Å². The molecule has 1 fully saturated rings. The van der Waals surface area contributed by atoms with Gasteiger partial charge in [0.05, 0.1) is 5.69 Å². The minimum Gasteiger partial charge on any atom is -0.369 e. The third kappa shape index (κ3) is 4.83. The van der Waals surface area contributed by atoms with Crippen molar-refractivity contribution in [2.24, 2.45) is 0 Å². The van der Waals surface area contributed by atoms with Crippen LogP contribution in [0.25, 0.3) is 0 Å². The second-order valence-corrected chi connectivity index (χ2v) is 7.33. The summed E-state index contributed by atoms with van der Waals surface area (Å²) in [6.07, 6.45) is 3.38.